The number of rotatable bonds is 4. The lowest BCUT2D eigenvalue weighted by molar-refractivity contribution is -0.121. The Hall–Kier alpha value is -3.40. The number of hydrogen-bond donors (Lipinski definition) is 2. The zero-order chi connectivity index (χ0) is 19.2. The van der Waals surface area contributed by atoms with Crippen LogP contribution in [-0.4, -0.2) is 25.2 Å². The molecular formula is C17H13N3O6S. The van der Waals surface area contributed by atoms with Gasteiger partial charge < -0.3 is 4.42 Å². The van der Waals surface area contributed by atoms with E-state index in [1.165, 1.54) is 30.3 Å². The Balaban J connectivity index is 1.65. The summed E-state index contributed by atoms with van der Waals surface area (Å²) in [5.74, 6) is -1.33. The number of carbonyl (C=O) groups is 2. The number of carbonyl (C=O) groups excluding carboxylic acids is 2. The highest BCUT2D eigenvalue weighted by atomic mass is 32.2. The van der Waals surface area contributed by atoms with Gasteiger partial charge in [-0.1, -0.05) is 6.07 Å². The van der Waals surface area contributed by atoms with Crippen molar-refractivity contribution in [3.63, 3.8) is 0 Å². The van der Waals surface area contributed by atoms with Crippen molar-refractivity contribution >= 4 is 44.3 Å². The van der Waals surface area contributed by atoms with Gasteiger partial charge in [0.2, 0.25) is 11.8 Å². The largest absolute Gasteiger partial charge is 0.417 e. The number of amides is 2. The van der Waals surface area contributed by atoms with E-state index >= 15 is 0 Å². The fraction of sp³-hybridized carbons (Fsp3) is 0.118. The third-order valence-electron chi connectivity index (χ3n) is 4.15. The van der Waals surface area contributed by atoms with Crippen molar-refractivity contribution in [1.82, 2.24) is 4.98 Å². The van der Waals surface area contributed by atoms with Crippen molar-refractivity contribution in [1.29, 1.82) is 0 Å². The molecule has 10 heteroatoms. The molecule has 2 aromatic carbocycles. The lowest BCUT2D eigenvalue weighted by atomic mass is 10.3. The van der Waals surface area contributed by atoms with E-state index in [1.807, 2.05) is 0 Å². The molecule has 27 heavy (non-hydrogen) atoms. The molecule has 0 atom stereocenters. The van der Waals surface area contributed by atoms with E-state index in [9.17, 15) is 22.8 Å². The van der Waals surface area contributed by atoms with Crippen molar-refractivity contribution in [2.75, 3.05) is 9.62 Å². The minimum atomic E-state index is -3.98. The second-order valence-corrected chi connectivity index (χ2v) is 7.60. The van der Waals surface area contributed by atoms with E-state index in [2.05, 4.69) is 9.71 Å². The Kier molecular flexibility index (Phi) is 3.84. The average molecular weight is 387 g/mol. The highest BCUT2D eigenvalue weighted by Gasteiger charge is 2.30. The summed E-state index contributed by atoms with van der Waals surface area (Å²) in [6.45, 7) is 0. The SMILES string of the molecule is O=C1CCC(=O)N1c1ccc(S(=O)(=O)Nc2cccc3[nH]c(=O)oc23)cc1. The maximum absolute atomic E-state index is 12.6. The first-order chi connectivity index (χ1) is 12.8. The number of sulfonamides is 1. The number of nitrogens with zero attached hydrogens (tertiary/aromatic N) is 1. The third kappa shape index (κ3) is 2.99. The van der Waals surface area contributed by atoms with Crippen LogP contribution in [0.15, 0.2) is 56.6 Å². The molecule has 0 spiro atoms. The molecule has 2 amide bonds. The summed E-state index contributed by atoms with van der Waals surface area (Å²) in [5, 5.41) is 0. The van der Waals surface area contributed by atoms with Crippen LogP contribution in [0.25, 0.3) is 11.1 Å². The smallest absolute Gasteiger partial charge is 0.406 e. The maximum atomic E-state index is 12.6. The predicted molar refractivity (Wildman–Crippen MR) is 95.8 cm³/mol. The summed E-state index contributed by atoms with van der Waals surface area (Å²) in [7, 11) is -3.98. The van der Waals surface area contributed by atoms with Crippen molar-refractivity contribution in [3.8, 4) is 0 Å². The third-order valence-corrected chi connectivity index (χ3v) is 5.53. The zero-order valence-corrected chi connectivity index (χ0v) is 14.6. The summed E-state index contributed by atoms with van der Waals surface area (Å²) in [6, 6.07) is 10.00. The van der Waals surface area contributed by atoms with E-state index in [0.717, 1.165) is 4.90 Å². The van der Waals surface area contributed by atoms with Crippen LogP contribution in [0, 0.1) is 0 Å². The van der Waals surface area contributed by atoms with Gasteiger partial charge in [-0.05, 0) is 36.4 Å². The minimum absolute atomic E-state index is 0.0692. The molecule has 0 unspecified atom stereocenters. The van der Waals surface area contributed by atoms with E-state index < -0.39 is 15.8 Å². The quantitative estimate of drug-likeness (QED) is 0.654. The number of aromatic nitrogens is 1. The number of imide groups is 1. The molecule has 1 aromatic heterocycles. The van der Waals surface area contributed by atoms with Crippen LogP contribution in [0.2, 0.25) is 0 Å². The van der Waals surface area contributed by atoms with Gasteiger partial charge in [0.05, 0.1) is 21.8 Å². The van der Waals surface area contributed by atoms with Gasteiger partial charge in [0, 0.05) is 12.8 Å². The number of hydrogen-bond acceptors (Lipinski definition) is 6. The molecule has 0 aliphatic carbocycles. The van der Waals surface area contributed by atoms with Crippen LogP contribution in [0.5, 0.6) is 0 Å². The Morgan fingerprint density at radius 3 is 2.30 bits per heavy atom. The van der Waals surface area contributed by atoms with Gasteiger partial charge >= 0.3 is 5.76 Å². The molecule has 1 aliphatic rings. The number of oxazole rings is 1. The normalized spacial score (nSPS) is 14.9. The second kappa shape index (κ2) is 6.09. The fourth-order valence-electron chi connectivity index (χ4n) is 2.90. The van der Waals surface area contributed by atoms with Gasteiger partial charge in [-0.25, -0.2) is 13.2 Å². The molecule has 0 bridgehead atoms. The first-order valence-corrected chi connectivity index (χ1v) is 9.44. The second-order valence-electron chi connectivity index (χ2n) is 5.92. The first kappa shape index (κ1) is 17.0. The van der Waals surface area contributed by atoms with E-state index in [4.69, 9.17) is 4.42 Å². The van der Waals surface area contributed by atoms with Crippen molar-refractivity contribution in [2.24, 2.45) is 0 Å². The van der Waals surface area contributed by atoms with Gasteiger partial charge in [-0.2, -0.15) is 0 Å². The van der Waals surface area contributed by atoms with Crippen LogP contribution in [0.1, 0.15) is 12.8 Å². The number of nitrogens with one attached hydrogen (secondary N) is 2. The van der Waals surface area contributed by atoms with Gasteiger partial charge in [0.15, 0.2) is 5.58 Å². The summed E-state index contributed by atoms with van der Waals surface area (Å²) >= 11 is 0. The number of H-pyrrole nitrogens is 1. The topological polar surface area (TPSA) is 130 Å². The number of aromatic amines is 1. The lowest BCUT2D eigenvalue weighted by Gasteiger charge is -2.14. The Bertz CT molecular complexity index is 1210. The average Bonchev–Trinajstić information content (AvgIpc) is 3.17. The maximum Gasteiger partial charge on any atom is 0.417 e. The van der Waals surface area contributed by atoms with Gasteiger partial charge in [0.25, 0.3) is 10.0 Å². The van der Waals surface area contributed by atoms with Crippen molar-refractivity contribution in [3.05, 3.63) is 53.0 Å². The van der Waals surface area contributed by atoms with Gasteiger partial charge in [-0.15, -0.1) is 0 Å². The molecule has 1 saturated heterocycles. The van der Waals surface area contributed by atoms with E-state index in [0.29, 0.717) is 11.2 Å². The summed E-state index contributed by atoms with van der Waals surface area (Å²) in [4.78, 5) is 38.3. The van der Waals surface area contributed by atoms with Crippen LogP contribution in [0.3, 0.4) is 0 Å². The Morgan fingerprint density at radius 1 is 0.963 bits per heavy atom. The summed E-state index contributed by atoms with van der Waals surface area (Å²) in [5.41, 5.74) is 0.887. The predicted octanol–water partition coefficient (Wildman–Crippen LogP) is 1.58. The number of benzene rings is 2. The number of fused-ring (bicyclic) bond motifs is 1. The molecule has 2 N–H and O–H groups in total. The standard InChI is InChI=1S/C17H13N3O6S/c21-14-8-9-15(22)20(14)10-4-6-11(7-5-10)27(24,25)19-13-3-1-2-12-16(13)26-17(23)18-12/h1-7,19H,8-9H2,(H,18,23). The molecule has 2 heterocycles. The summed E-state index contributed by atoms with van der Waals surface area (Å²) < 4.78 is 32.6. The number of anilines is 2. The Morgan fingerprint density at radius 2 is 1.63 bits per heavy atom. The minimum Gasteiger partial charge on any atom is -0.406 e. The molecule has 138 valence electrons. The van der Waals surface area contributed by atoms with Gasteiger partial charge in [0.1, 0.15) is 0 Å². The monoisotopic (exact) mass is 387 g/mol. The van der Waals surface area contributed by atoms with E-state index in [-0.39, 0.29) is 40.8 Å². The fourth-order valence-corrected chi connectivity index (χ4v) is 3.96. The molecule has 0 saturated carbocycles. The van der Waals surface area contributed by atoms with Crippen molar-refractivity contribution < 1.29 is 22.4 Å². The molecule has 9 nitrogen and oxygen atoms in total. The van der Waals surface area contributed by atoms with Crippen LogP contribution >= 0.6 is 0 Å². The molecule has 1 fully saturated rings. The van der Waals surface area contributed by atoms with Crippen LogP contribution in [-0.2, 0) is 19.6 Å². The van der Waals surface area contributed by atoms with E-state index in [1.54, 1.807) is 12.1 Å². The van der Waals surface area contributed by atoms with Gasteiger partial charge in [-0.3, -0.25) is 24.2 Å². The van der Waals surface area contributed by atoms with Crippen LogP contribution in [0.4, 0.5) is 11.4 Å². The van der Waals surface area contributed by atoms with Crippen molar-refractivity contribution in [2.45, 2.75) is 17.7 Å². The van der Waals surface area contributed by atoms with Crippen LogP contribution < -0.4 is 15.4 Å². The zero-order valence-electron chi connectivity index (χ0n) is 13.8. The molecule has 3 aromatic rings. The summed E-state index contributed by atoms with van der Waals surface area (Å²) in [6.07, 6.45) is 0.290. The first-order valence-electron chi connectivity index (χ1n) is 7.96. The molecule has 4 rings (SSSR count). The molecular weight excluding hydrogens is 374 g/mol. The molecule has 1 aliphatic heterocycles. The molecule has 0 radical (unpaired) electrons. The Labute approximate surface area is 152 Å². The highest BCUT2D eigenvalue weighted by Crippen LogP contribution is 2.26. The number of para-hydroxylation sites is 1. The highest BCUT2D eigenvalue weighted by molar-refractivity contribution is 7.92. The lowest BCUT2D eigenvalue weighted by Crippen LogP contribution is -2.28.